The second kappa shape index (κ2) is 5.38. The van der Waals surface area contributed by atoms with Gasteiger partial charge in [-0.05, 0) is 43.5 Å². The van der Waals surface area contributed by atoms with Crippen molar-refractivity contribution in [3.05, 3.63) is 35.6 Å². The van der Waals surface area contributed by atoms with Crippen LogP contribution in [-0.2, 0) is 0 Å². The molecule has 1 aromatic carbocycles. The standard InChI is InChI=1S/C17H19N3O3/c18-16(21)12-2-1-11-6-15(23-14(11)7-12)17(22)19-13-5-10-3-4-20(8-10)9-13/h1-2,6-7,10,13H,3-5,8-9H2,(H2,18,21)(H,19,22)/t10-,13-/m1/s1. The van der Waals surface area contributed by atoms with E-state index >= 15 is 0 Å². The lowest BCUT2D eigenvalue weighted by Crippen LogP contribution is -2.46. The number of primary amides is 1. The first-order valence-electron chi connectivity index (χ1n) is 7.95. The third kappa shape index (κ3) is 2.70. The zero-order chi connectivity index (χ0) is 16.0. The van der Waals surface area contributed by atoms with Gasteiger partial charge in [-0.3, -0.25) is 9.59 Å². The molecule has 3 atom stereocenters. The molecular formula is C17H19N3O3. The number of rotatable bonds is 3. The number of piperidine rings is 1. The first kappa shape index (κ1) is 14.3. The van der Waals surface area contributed by atoms with E-state index in [0.29, 0.717) is 17.1 Å². The van der Waals surface area contributed by atoms with Crippen LogP contribution in [0.5, 0.6) is 0 Å². The Bertz CT molecular complexity index is 770. The molecule has 4 rings (SSSR count). The molecule has 0 saturated carbocycles. The molecule has 2 aliphatic heterocycles. The fourth-order valence-corrected chi connectivity index (χ4v) is 3.72. The van der Waals surface area contributed by atoms with Crippen LogP contribution in [0.1, 0.15) is 33.8 Å². The monoisotopic (exact) mass is 313 g/mol. The lowest BCUT2D eigenvalue weighted by Gasteiger charge is -2.30. The molecule has 2 saturated heterocycles. The summed E-state index contributed by atoms with van der Waals surface area (Å²) >= 11 is 0. The second-order valence-corrected chi connectivity index (χ2v) is 6.55. The van der Waals surface area contributed by atoms with E-state index in [4.69, 9.17) is 10.2 Å². The Morgan fingerprint density at radius 2 is 2.13 bits per heavy atom. The smallest absolute Gasteiger partial charge is 0.287 e. The number of furan rings is 1. The number of carbonyl (C=O) groups excluding carboxylic acids is 2. The minimum Gasteiger partial charge on any atom is -0.451 e. The van der Waals surface area contributed by atoms with Crippen molar-refractivity contribution in [3.8, 4) is 0 Å². The maximum Gasteiger partial charge on any atom is 0.287 e. The summed E-state index contributed by atoms with van der Waals surface area (Å²) < 4.78 is 5.60. The molecule has 23 heavy (non-hydrogen) atoms. The van der Waals surface area contributed by atoms with Crippen molar-refractivity contribution in [3.63, 3.8) is 0 Å². The highest BCUT2D eigenvalue weighted by molar-refractivity contribution is 5.99. The van der Waals surface area contributed by atoms with Crippen molar-refractivity contribution in [1.82, 2.24) is 10.2 Å². The molecule has 2 fully saturated rings. The van der Waals surface area contributed by atoms with E-state index in [1.165, 1.54) is 6.42 Å². The maximum atomic E-state index is 12.4. The average Bonchev–Trinajstić information content (AvgIpc) is 3.09. The van der Waals surface area contributed by atoms with Gasteiger partial charge in [0.25, 0.3) is 5.91 Å². The molecule has 2 bridgehead atoms. The van der Waals surface area contributed by atoms with Gasteiger partial charge in [0.2, 0.25) is 5.91 Å². The first-order chi connectivity index (χ1) is 11.1. The van der Waals surface area contributed by atoms with Crippen LogP contribution in [-0.4, -0.2) is 42.4 Å². The summed E-state index contributed by atoms with van der Waals surface area (Å²) in [7, 11) is 0. The maximum absolute atomic E-state index is 12.4. The first-order valence-corrected chi connectivity index (χ1v) is 7.95. The summed E-state index contributed by atoms with van der Waals surface area (Å²) in [4.78, 5) is 26.0. The molecule has 3 heterocycles. The Hall–Kier alpha value is -2.34. The van der Waals surface area contributed by atoms with E-state index in [-0.39, 0.29) is 17.7 Å². The molecule has 6 heteroatoms. The molecule has 120 valence electrons. The number of hydrogen-bond donors (Lipinski definition) is 2. The van der Waals surface area contributed by atoms with Crippen LogP contribution < -0.4 is 11.1 Å². The Morgan fingerprint density at radius 1 is 1.26 bits per heavy atom. The molecule has 2 aliphatic rings. The fourth-order valence-electron chi connectivity index (χ4n) is 3.72. The van der Waals surface area contributed by atoms with E-state index < -0.39 is 5.91 Å². The molecule has 0 spiro atoms. The predicted molar refractivity (Wildman–Crippen MR) is 85.2 cm³/mol. The van der Waals surface area contributed by atoms with E-state index in [2.05, 4.69) is 10.2 Å². The Balaban J connectivity index is 1.51. The Morgan fingerprint density at radius 3 is 2.91 bits per heavy atom. The molecule has 1 unspecified atom stereocenters. The van der Waals surface area contributed by atoms with Crippen LogP contribution in [0.2, 0.25) is 0 Å². The van der Waals surface area contributed by atoms with E-state index in [1.54, 1.807) is 24.3 Å². The molecule has 1 aromatic heterocycles. The minimum atomic E-state index is -0.513. The van der Waals surface area contributed by atoms with Gasteiger partial charge in [0.1, 0.15) is 5.58 Å². The summed E-state index contributed by atoms with van der Waals surface area (Å²) in [5.41, 5.74) is 6.13. The third-order valence-corrected chi connectivity index (χ3v) is 4.83. The molecule has 0 radical (unpaired) electrons. The Labute approximate surface area is 133 Å². The zero-order valence-electron chi connectivity index (χ0n) is 12.7. The number of benzene rings is 1. The number of carbonyl (C=O) groups is 2. The predicted octanol–water partition coefficient (Wildman–Crippen LogP) is 1.36. The SMILES string of the molecule is NC(=O)c1ccc2cc(C(=O)N[C@@H]3C[C@H]4CCN(C4)C3)oc2c1. The number of nitrogens with zero attached hydrogens (tertiary/aromatic N) is 1. The second-order valence-electron chi connectivity index (χ2n) is 6.55. The van der Waals surface area contributed by atoms with Crippen LogP contribution in [0.3, 0.4) is 0 Å². The number of nitrogens with one attached hydrogen (secondary N) is 1. The summed E-state index contributed by atoms with van der Waals surface area (Å²) in [5, 5.41) is 3.85. The lowest BCUT2D eigenvalue weighted by atomic mass is 9.97. The largest absolute Gasteiger partial charge is 0.451 e. The van der Waals surface area contributed by atoms with E-state index in [0.717, 1.165) is 31.4 Å². The summed E-state index contributed by atoms with van der Waals surface area (Å²) in [6.07, 6.45) is 2.27. The van der Waals surface area contributed by atoms with Gasteiger partial charge in [0.15, 0.2) is 5.76 Å². The normalized spacial score (nSPS) is 26.3. The highest BCUT2D eigenvalue weighted by Gasteiger charge is 2.33. The van der Waals surface area contributed by atoms with Crippen molar-refractivity contribution in [2.24, 2.45) is 11.7 Å². The van der Waals surface area contributed by atoms with Gasteiger partial charge in [-0.15, -0.1) is 0 Å². The highest BCUT2D eigenvalue weighted by Crippen LogP contribution is 2.27. The zero-order valence-corrected chi connectivity index (χ0v) is 12.7. The van der Waals surface area contributed by atoms with Crippen molar-refractivity contribution in [1.29, 1.82) is 0 Å². The van der Waals surface area contributed by atoms with Crippen molar-refractivity contribution in [2.45, 2.75) is 18.9 Å². The average molecular weight is 313 g/mol. The van der Waals surface area contributed by atoms with E-state index in [1.807, 2.05) is 0 Å². The van der Waals surface area contributed by atoms with Crippen molar-refractivity contribution < 1.29 is 14.0 Å². The molecule has 2 amide bonds. The van der Waals surface area contributed by atoms with Gasteiger partial charge < -0.3 is 20.4 Å². The quantitative estimate of drug-likeness (QED) is 0.895. The van der Waals surface area contributed by atoms with Gasteiger partial charge in [0, 0.05) is 30.1 Å². The summed E-state index contributed by atoms with van der Waals surface area (Å²) in [6.45, 7) is 3.21. The summed E-state index contributed by atoms with van der Waals surface area (Å²) in [6, 6.07) is 6.82. The van der Waals surface area contributed by atoms with Crippen LogP contribution >= 0.6 is 0 Å². The molecular weight excluding hydrogens is 294 g/mol. The van der Waals surface area contributed by atoms with Gasteiger partial charge in [-0.25, -0.2) is 0 Å². The topological polar surface area (TPSA) is 88.6 Å². The van der Waals surface area contributed by atoms with Crippen molar-refractivity contribution >= 4 is 22.8 Å². The Kier molecular flexibility index (Phi) is 3.34. The van der Waals surface area contributed by atoms with Gasteiger partial charge >= 0.3 is 0 Å². The summed E-state index contributed by atoms with van der Waals surface area (Å²) in [5.74, 6) is 0.257. The van der Waals surface area contributed by atoms with Gasteiger partial charge in [-0.1, -0.05) is 6.07 Å². The molecule has 6 nitrogen and oxygen atoms in total. The van der Waals surface area contributed by atoms with E-state index in [9.17, 15) is 9.59 Å². The van der Waals surface area contributed by atoms with Gasteiger partial charge in [-0.2, -0.15) is 0 Å². The van der Waals surface area contributed by atoms with Crippen LogP contribution in [0.25, 0.3) is 11.0 Å². The number of amides is 2. The third-order valence-electron chi connectivity index (χ3n) is 4.83. The molecule has 3 N–H and O–H groups in total. The minimum absolute atomic E-state index is 0.179. The lowest BCUT2D eigenvalue weighted by molar-refractivity contribution is 0.0883. The van der Waals surface area contributed by atoms with Crippen LogP contribution in [0.15, 0.2) is 28.7 Å². The van der Waals surface area contributed by atoms with Crippen LogP contribution in [0.4, 0.5) is 0 Å². The van der Waals surface area contributed by atoms with Crippen LogP contribution in [0, 0.1) is 5.92 Å². The van der Waals surface area contributed by atoms with Crippen molar-refractivity contribution in [2.75, 3.05) is 19.6 Å². The highest BCUT2D eigenvalue weighted by atomic mass is 16.3. The fraction of sp³-hybridized carbons (Fsp3) is 0.412. The van der Waals surface area contributed by atoms with Gasteiger partial charge in [0.05, 0.1) is 0 Å². The number of fused-ring (bicyclic) bond motifs is 3. The number of nitrogens with two attached hydrogens (primary N) is 1. The number of hydrogen-bond acceptors (Lipinski definition) is 4. The molecule has 2 aromatic rings. The molecule has 0 aliphatic carbocycles.